The fraction of sp³-hybridized carbons (Fsp3) is 0.400. The van der Waals surface area contributed by atoms with E-state index in [0.29, 0.717) is 12.4 Å². The minimum Gasteiger partial charge on any atom is -0.296 e. The maximum Gasteiger partial charge on any atom is 0.273 e. The van der Waals surface area contributed by atoms with Crippen LogP contribution in [0.2, 0.25) is 0 Å². The highest BCUT2D eigenvalue weighted by Gasteiger charge is 2.22. The lowest BCUT2D eigenvalue weighted by molar-refractivity contribution is 0.571. The van der Waals surface area contributed by atoms with Crippen LogP contribution < -0.4 is 5.14 Å². The summed E-state index contributed by atoms with van der Waals surface area (Å²) in [6.07, 6.45) is 0. The monoisotopic (exact) mass is 286 g/mol. The number of thiophene rings is 1. The molecule has 2 N–H and O–H groups in total. The molecule has 98 valence electrons. The smallest absolute Gasteiger partial charge is 0.273 e. The average molecular weight is 286 g/mol. The zero-order valence-corrected chi connectivity index (χ0v) is 12.0. The van der Waals surface area contributed by atoms with E-state index in [1.807, 2.05) is 26.8 Å². The summed E-state index contributed by atoms with van der Waals surface area (Å²) < 4.78 is 24.3. The standard InChI is InChI=1S/C10H14N4O2S2/c1-4-14-9(8-5-6(2)7(3)17-8)12-13-10(14)18(11,15)16/h5H,4H2,1-3H3,(H2,11,15,16). The number of hydrogen-bond acceptors (Lipinski definition) is 5. The third-order valence-corrected chi connectivity index (χ3v) is 4.63. The maximum absolute atomic E-state index is 11.4. The third-order valence-electron chi connectivity index (χ3n) is 2.67. The Balaban J connectivity index is 2.63. The van der Waals surface area contributed by atoms with Crippen LogP contribution in [0, 0.1) is 13.8 Å². The Morgan fingerprint density at radius 3 is 2.50 bits per heavy atom. The summed E-state index contributed by atoms with van der Waals surface area (Å²) in [5.41, 5.74) is 1.15. The molecule has 2 aromatic heterocycles. The molecule has 2 rings (SSSR count). The van der Waals surface area contributed by atoms with Crippen molar-refractivity contribution in [2.45, 2.75) is 32.5 Å². The maximum atomic E-state index is 11.4. The molecule has 0 aliphatic rings. The number of nitrogens with two attached hydrogens (primary N) is 1. The quantitative estimate of drug-likeness (QED) is 0.920. The summed E-state index contributed by atoms with van der Waals surface area (Å²) in [4.78, 5) is 2.07. The molecule has 0 aromatic carbocycles. The molecule has 0 radical (unpaired) electrons. The lowest BCUT2D eigenvalue weighted by Crippen LogP contribution is -2.18. The van der Waals surface area contributed by atoms with Crippen LogP contribution in [0.3, 0.4) is 0 Å². The summed E-state index contributed by atoms with van der Waals surface area (Å²) >= 11 is 1.56. The number of rotatable bonds is 3. The molecular weight excluding hydrogens is 272 g/mol. The van der Waals surface area contributed by atoms with Crippen LogP contribution in [0.5, 0.6) is 0 Å². The average Bonchev–Trinajstić information content (AvgIpc) is 2.82. The Kier molecular flexibility index (Phi) is 3.26. The molecule has 18 heavy (non-hydrogen) atoms. The molecular formula is C10H14N4O2S2. The fourth-order valence-electron chi connectivity index (χ4n) is 1.65. The van der Waals surface area contributed by atoms with Gasteiger partial charge in [0.1, 0.15) is 0 Å². The molecule has 0 amide bonds. The molecule has 0 atom stereocenters. The molecule has 0 saturated carbocycles. The van der Waals surface area contributed by atoms with Crippen molar-refractivity contribution in [2.24, 2.45) is 5.14 Å². The second-order valence-electron chi connectivity index (χ2n) is 3.95. The second-order valence-corrected chi connectivity index (χ2v) is 6.66. The molecule has 0 saturated heterocycles. The first-order valence-electron chi connectivity index (χ1n) is 5.38. The van der Waals surface area contributed by atoms with Gasteiger partial charge >= 0.3 is 0 Å². The topological polar surface area (TPSA) is 90.9 Å². The van der Waals surface area contributed by atoms with E-state index in [1.165, 1.54) is 9.44 Å². The molecule has 6 nitrogen and oxygen atoms in total. The Morgan fingerprint density at radius 2 is 2.06 bits per heavy atom. The molecule has 0 aliphatic carbocycles. The van der Waals surface area contributed by atoms with Crippen molar-refractivity contribution in [3.05, 3.63) is 16.5 Å². The predicted molar refractivity (Wildman–Crippen MR) is 69.9 cm³/mol. The van der Waals surface area contributed by atoms with Crippen molar-refractivity contribution in [2.75, 3.05) is 0 Å². The van der Waals surface area contributed by atoms with E-state index >= 15 is 0 Å². The van der Waals surface area contributed by atoms with Crippen LogP contribution in [0.25, 0.3) is 10.7 Å². The molecule has 2 heterocycles. The van der Waals surface area contributed by atoms with Crippen molar-refractivity contribution < 1.29 is 8.42 Å². The lowest BCUT2D eigenvalue weighted by atomic mass is 10.3. The number of sulfonamides is 1. The Morgan fingerprint density at radius 1 is 1.39 bits per heavy atom. The van der Waals surface area contributed by atoms with E-state index in [0.717, 1.165) is 10.4 Å². The van der Waals surface area contributed by atoms with Gasteiger partial charge in [-0.05, 0) is 32.4 Å². The Labute approximate surface area is 110 Å². The van der Waals surface area contributed by atoms with Crippen LogP contribution in [-0.2, 0) is 16.6 Å². The largest absolute Gasteiger partial charge is 0.296 e. The van der Waals surface area contributed by atoms with Crippen LogP contribution in [0.1, 0.15) is 17.4 Å². The van der Waals surface area contributed by atoms with Gasteiger partial charge in [-0.3, -0.25) is 4.57 Å². The number of nitrogens with zero attached hydrogens (tertiary/aromatic N) is 3. The van der Waals surface area contributed by atoms with Gasteiger partial charge in [0.25, 0.3) is 15.2 Å². The van der Waals surface area contributed by atoms with Crippen molar-refractivity contribution in [1.29, 1.82) is 0 Å². The number of primary sulfonamides is 1. The van der Waals surface area contributed by atoms with Gasteiger partial charge in [0.05, 0.1) is 4.88 Å². The predicted octanol–water partition coefficient (Wildman–Crippen LogP) is 1.29. The normalized spacial score (nSPS) is 12.0. The summed E-state index contributed by atoms with van der Waals surface area (Å²) in [5, 5.41) is 12.5. The first-order valence-corrected chi connectivity index (χ1v) is 7.74. The van der Waals surface area contributed by atoms with Gasteiger partial charge in [-0.25, -0.2) is 13.6 Å². The number of aromatic nitrogens is 3. The Bertz CT molecular complexity index is 665. The summed E-state index contributed by atoms with van der Waals surface area (Å²) in [5.74, 6) is 0.544. The van der Waals surface area contributed by atoms with E-state index in [2.05, 4.69) is 10.2 Å². The second kappa shape index (κ2) is 4.45. The number of hydrogen-bond donors (Lipinski definition) is 1. The van der Waals surface area contributed by atoms with Crippen LogP contribution in [0.15, 0.2) is 11.2 Å². The molecule has 0 aliphatic heterocycles. The van der Waals surface area contributed by atoms with Crippen LogP contribution in [0.4, 0.5) is 0 Å². The molecule has 2 aromatic rings. The van der Waals surface area contributed by atoms with E-state index in [1.54, 1.807) is 11.3 Å². The van der Waals surface area contributed by atoms with Gasteiger partial charge in [0.2, 0.25) is 0 Å². The van der Waals surface area contributed by atoms with Crippen LogP contribution >= 0.6 is 11.3 Å². The molecule has 0 spiro atoms. The fourth-order valence-corrected chi connectivity index (χ4v) is 3.36. The van der Waals surface area contributed by atoms with Gasteiger partial charge < -0.3 is 0 Å². The van der Waals surface area contributed by atoms with Gasteiger partial charge in [0.15, 0.2) is 5.82 Å². The zero-order chi connectivity index (χ0) is 13.5. The van der Waals surface area contributed by atoms with Crippen LogP contribution in [-0.4, -0.2) is 23.2 Å². The zero-order valence-electron chi connectivity index (χ0n) is 10.3. The summed E-state index contributed by atoms with van der Waals surface area (Å²) in [6.45, 7) is 6.29. The highest BCUT2D eigenvalue weighted by Crippen LogP contribution is 2.30. The van der Waals surface area contributed by atoms with Crippen molar-refractivity contribution in [3.63, 3.8) is 0 Å². The van der Waals surface area contributed by atoms with E-state index in [-0.39, 0.29) is 5.16 Å². The summed E-state index contributed by atoms with van der Waals surface area (Å²) in [7, 11) is -3.84. The minimum absolute atomic E-state index is 0.191. The highest BCUT2D eigenvalue weighted by atomic mass is 32.2. The SMILES string of the molecule is CCn1c(-c2cc(C)c(C)s2)nnc1S(N)(=O)=O. The highest BCUT2D eigenvalue weighted by molar-refractivity contribution is 7.89. The lowest BCUT2D eigenvalue weighted by Gasteiger charge is -2.03. The molecule has 0 fully saturated rings. The first-order chi connectivity index (χ1) is 8.34. The van der Waals surface area contributed by atoms with E-state index in [4.69, 9.17) is 5.14 Å². The van der Waals surface area contributed by atoms with Gasteiger partial charge in [-0.2, -0.15) is 0 Å². The van der Waals surface area contributed by atoms with E-state index < -0.39 is 10.0 Å². The molecule has 0 bridgehead atoms. The van der Waals surface area contributed by atoms with Crippen molar-refractivity contribution in [1.82, 2.24) is 14.8 Å². The number of aryl methyl sites for hydroxylation is 2. The van der Waals surface area contributed by atoms with Gasteiger partial charge in [-0.15, -0.1) is 21.5 Å². The third kappa shape index (κ3) is 2.18. The van der Waals surface area contributed by atoms with Gasteiger partial charge in [0, 0.05) is 11.4 Å². The van der Waals surface area contributed by atoms with Crippen molar-refractivity contribution in [3.8, 4) is 10.7 Å². The molecule has 8 heteroatoms. The minimum atomic E-state index is -3.84. The first kappa shape index (κ1) is 13.2. The molecule has 0 unspecified atom stereocenters. The van der Waals surface area contributed by atoms with Gasteiger partial charge in [-0.1, -0.05) is 0 Å². The Hall–Kier alpha value is -1.25. The van der Waals surface area contributed by atoms with Crippen molar-refractivity contribution >= 4 is 21.4 Å². The summed E-state index contributed by atoms with van der Waals surface area (Å²) in [6, 6.07) is 1.98. The van der Waals surface area contributed by atoms with E-state index in [9.17, 15) is 8.42 Å².